The zero-order valence-electron chi connectivity index (χ0n) is 28.0. The fourth-order valence-corrected chi connectivity index (χ4v) is 1.55. The van der Waals surface area contributed by atoms with Crippen LogP contribution in [0.4, 0.5) is 0 Å². The van der Waals surface area contributed by atoms with E-state index >= 15 is 0 Å². The quantitative estimate of drug-likeness (QED) is 0.316. The van der Waals surface area contributed by atoms with E-state index in [0.29, 0.717) is 0 Å². The summed E-state index contributed by atoms with van der Waals surface area (Å²) in [7, 11) is 24.2. The SMILES string of the molecule is C=C.C=CCN(C)C.C=CCN(C)C.C=CCN(C)C.C=CCN(C)C.C=CCN(C)C.C=CCN(C)C. The summed E-state index contributed by atoms with van der Waals surface area (Å²) in [5.41, 5.74) is 0. The molecule has 0 saturated heterocycles. The highest BCUT2D eigenvalue weighted by Gasteiger charge is 1.78. The summed E-state index contributed by atoms with van der Waals surface area (Å²) in [6.07, 6.45) is 11.2. The van der Waals surface area contributed by atoms with Gasteiger partial charge in [-0.05, 0) is 84.6 Å². The molecule has 6 nitrogen and oxygen atoms in total. The van der Waals surface area contributed by atoms with Crippen molar-refractivity contribution in [3.8, 4) is 0 Å². The zero-order valence-corrected chi connectivity index (χ0v) is 28.0. The average molecular weight is 539 g/mol. The second-order valence-electron chi connectivity index (χ2n) is 9.31. The molecule has 0 aliphatic rings. The van der Waals surface area contributed by atoms with Gasteiger partial charge in [0, 0.05) is 39.3 Å². The first-order valence-corrected chi connectivity index (χ1v) is 12.7. The highest BCUT2D eigenvalue weighted by Crippen LogP contribution is 1.71. The monoisotopic (exact) mass is 539 g/mol. The maximum absolute atomic E-state index is 3.56. The Balaban J connectivity index is -0.0000000598. The first-order valence-electron chi connectivity index (χ1n) is 12.7. The van der Waals surface area contributed by atoms with Gasteiger partial charge in [0.25, 0.3) is 0 Å². The Morgan fingerprint density at radius 1 is 0.289 bits per heavy atom. The van der Waals surface area contributed by atoms with Crippen LogP contribution >= 0.6 is 0 Å². The molecule has 0 saturated carbocycles. The minimum Gasteiger partial charge on any atom is -0.306 e. The molecule has 0 fully saturated rings. The molecule has 0 heterocycles. The summed E-state index contributed by atoms with van der Waals surface area (Å²) >= 11 is 0. The molecule has 0 aromatic carbocycles. The van der Waals surface area contributed by atoms with E-state index in [9.17, 15) is 0 Å². The van der Waals surface area contributed by atoms with Gasteiger partial charge in [-0.2, -0.15) is 0 Å². The van der Waals surface area contributed by atoms with Crippen molar-refractivity contribution in [2.24, 2.45) is 0 Å². The van der Waals surface area contributed by atoms with Gasteiger partial charge in [0.15, 0.2) is 0 Å². The van der Waals surface area contributed by atoms with E-state index in [1.54, 1.807) is 0 Å². The average Bonchev–Trinajstić information content (AvgIpc) is 2.77. The fraction of sp³-hybridized carbons (Fsp3) is 0.562. The molecule has 0 amide bonds. The Kier molecular flexibility index (Phi) is 71.1. The van der Waals surface area contributed by atoms with Crippen molar-refractivity contribution in [3.63, 3.8) is 0 Å². The lowest BCUT2D eigenvalue weighted by Crippen LogP contribution is -2.09. The lowest BCUT2D eigenvalue weighted by molar-refractivity contribution is 0.457. The van der Waals surface area contributed by atoms with Crippen molar-refractivity contribution in [2.45, 2.75) is 0 Å². The van der Waals surface area contributed by atoms with Gasteiger partial charge in [-0.15, -0.1) is 52.6 Å². The van der Waals surface area contributed by atoms with Gasteiger partial charge in [0.2, 0.25) is 0 Å². The predicted octanol–water partition coefficient (Wildman–Crippen LogP) is 5.21. The van der Waals surface area contributed by atoms with Gasteiger partial charge >= 0.3 is 0 Å². The van der Waals surface area contributed by atoms with E-state index in [-0.39, 0.29) is 0 Å². The van der Waals surface area contributed by atoms with Crippen LogP contribution in [-0.4, -0.2) is 153 Å². The molecule has 0 atom stereocenters. The third-order valence-electron chi connectivity index (χ3n) is 2.97. The molecule has 0 rings (SSSR count). The highest BCUT2D eigenvalue weighted by atomic mass is 15.1. The second kappa shape index (κ2) is 51.6. The number of rotatable bonds is 12. The van der Waals surface area contributed by atoms with Crippen molar-refractivity contribution in [2.75, 3.05) is 124 Å². The fourth-order valence-electron chi connectivity index (χ4n) is 1.55. The van der Waals surface area contributed by atoms with Crippen LogP contribution in [0.5, 0.6) is 0 Å². The molecule has 0 aromatic rings. The molecule has 0 unspecified atom stereocenters. The molecule has 0 spiro atoms. The van der Waals surface area contributed by atoms with Crippen LogP contribution in [0.3, 0.4) is 0 Å². The van der Waals surface area contributed by atoms with E-state index in [1.165, 1.54) is 0 Å². The normalized spacial score (nSPS) is 8.79. The van der Waals surface area contributed by atoms with Gasteiger partial charge in [-0.3, -0.25) is 0 Å². The highest BCUT2D eigenvalue weighted by molar-refractivity contribution is 4.70. The molecule has 6 heteroatoms. The van der Waals surface area contributed by atoms with Crippen LogP contribution in [-0.2, 0) is 0 Å². The Labute approximate surface area is 242 Å². The maximum atomic E-state index is 3.56. The summed E-state index contributed by atoms with van der Waals surface area (Å²) in [6, 6.07) is 0. The molecule has 0 bridgehead atoms. The Bertz CT molecular complexity index is 358. The van der Waals surface area contributed by atoms with E-state index in [0.717, 1.165) is 39.3 Å². The van der Waals surface area contributed by atoms with E-state index < -0.39 is 0 Å². The van der Waals surface area contributed by atoms with Crippen LogP contribution in [0.15, 0.2) is 89.1 Å². The standard InChI is InChI=1S/6C5H11N.C2H4/c6*1-4-5-6(2)3;1-2/h6*4H,1,5H2,2-3H3;1-2H2. The van der Waals surface area contributed by atoms with Gasteiger partial charge in [-0.25, -0.2) is 0 Å². The summed E-state index contributed by atoms with van der Waals surface area (Å²) < 4.78 is 0. The topological polar surface area (TPSA) is 19.4 Å². The van der Waals surface area contributed by atoms with E-state index in [1.807, 2.05) is 121 Å². The molecule has 0 radical (unpaired) electrons. The summed E-state index contributed by atoms with van der Waals surface area (Å²) in [4.78, 5) is 12.4. The van der Waals surface area contributed by atoms with Crippen molar-refractivity contribution in [1.82, 2.24) is 29.4 Å². The molecular weight excluding hydrogens is 468 g/mol. The van der Waals surface area contributed by atoms with Gasteiger partial charge < -0.3 is 29.4 Å². The van der Waals surface area contributed by atoms with E-state index in [4.69, 9.17) is 0 Å². The predicted molar refractivity (Wildman–Crippen MR) is 184 cm³/mol. The van der Waals surface area contributed by atoms with Gasteiger partial charge in [0.05, 0.1) is 0 Å². The number of nitrogens with zero attached hydrogens (tertiary/aromatic N) is 6. The third-order valence-corrected chi connectivity index (χ3v) is 2.97. The minimum absolute atomic E-state index is 0.972. The smallest absolute Gasteiger partial charge is 0.0154 e. The lowest BCUT2D eigenvalue weighted by Gasteiger charge is -2.01. The van der Waals surface area contributed by atoms with Crippen LogP contribution in [0.1, 0.15) is 0 Å². The first kappa shape index (κ1) is 52.4. The van der Waals surface area contributed by atoms with Gasteiger partial charge in [0.1, 0.15) is 0 Å². The third kappa shape index (κ3) is 145. The zero-order chi connectivity index (χ0) is 31.9. The minimum atomic E-state index is 0.972. The molecule has 0 aliphatic heterocycles. The number of likely N-dealkylation sites (N-methyl/N-ethyl adjacent to an activating group) is 6. The van der Waals surface area contributed by atoms with Crippen LogP contribution in [0.2, 0.25) is 0 Å². The molecular formula is C32H70N6. The molecule has 38 heavy (non-hydrogen) atoms. The molecule has 0 aromatic heterocycles. The summed E-state index contributed by atoms with van der Waals surface area (Å²) in [6.45, 7) is 33.2. The van der Waals surface area contributed by atoms with Gasteiger partial charge in [-0.1, -0.05) is 36.5 Å². The van der Waals surface area contributed by atoms with Crippen LogP contribution in [0.25, 0.3) is 0 Å². The van der Waals surface area contributed by atoms with Crippen molar-refractivity contribution < 1.29 is 0 Å². The van der Waals surface area contributed by atoms with Crippen molar-refractivity contribution in [3.05, 3.63) is 89.1 Å². The van der Waals surface area contributed by atoms with Crippen molar-refractivity contribution in [1.29, 1.82) is 0 Å². The lowest BCUT2D eigenvalue weighted by atomic mass is 10.6. The van der Waals surface area contributed by atoms with E-state index in [2.05, 4.69) is 82.0 Å². The Morgan fingerprint density at radius 3 is 0.368 bits per heavy atom. The second-order valence-corrected chi connectivity index (χ2v) is 9.31. The molecule has 0 N–H and O–H groups in total. The Hall–Kier alpha value is -2.06. The Morgan fingerprint density at radius 2 is 0.368 bits per heavy atom. The maximum Gasteiger partial charge on any atom is 0.0154 e. The first-order chi connectivity index (χ1) is 17.6. The van der Waals surface area contributed by atoms with Crippen molar-refractivity contribution >= 4 is 0 Å². The number of hydrogen-bond donors (Lipinski definition) is 0. The van der Waals surface area contributed by atoms with Crippen LogP contribution < -0.4 is 0 Å². The van der Waals surface area contributed by atoms with Crippen LogP contribution in [0, 0.1) is 0 Å². The summed E-state index contributed by atoms with van der Waals surface area (Å²) in [5.74, 6) is 0. The molecule has 0 aliphatic carbocycles. The molecule has 228 valence electrons. The summed E-state index contributed by atoms with van der Waals surface area (Å²) in [5, 5.41) is 0. The largest absolute Gasteiger partial charge is 0.306 e. The number of hydrogen-bond acceptors (Lipinski definition) is 6.